The molecule has 0 aliphatic carbocycles. The number of amides is 1. The van der Waals surface area contributed by atoms with Crippen LogP contribution in [0.25, 0.3) is 5.69 Å². The van der Waals surface area contributed by atoms with Gasteiger partial charge in [0, 0.05) is 16.6 Å². The molecule has 2 aromatic carbocycles. The summed E-state index contributed by atoms with van der Waals surface area (Å²) in [6.45, 7) is 4.44. The van der Waals surface area contributed by atoms with Crippen LogP contribution in [-0.4, -0.2) is 27.6 Å². The Balaban J connectivity index is 1.65. The Morgan fingerprint density at radius 1 is 1.14 bits per heavy atom. The van der Waals surface area contributed by atoms with Crippen molar-refractivity contribution in [2.24, 2.45) is 0 Å². The number of anilines is 1. The second kappa shape index (κ2) is 9.26. The summed E-state index contributed by atoms with van der Waals surface area (Å²) in [6.07, 6.45) is 0.933. The number of nitrogens with one attached hydrogen (secondary N) is 1. The number of halogens is 2. The summed E-state index contributed by atoms with van der Waals surface area (Å²) in [5.41, 5.74) is 3.84. The average Bonchev–Trinajstić information content (AvgIpc) is 2.96. The van der Waals surface area contributed by atoms with Crippen LogP contribution in [-0.2, 0) is 0 Å². The molecule has 0 saturated heterocycles. The molecular weight excluding hydrogens is 442 g/mol. The molecular formula is C21H21BrClN3O2. The zero-order valence-electron chi connectivity index (χ0n) is 15.7. The van der Waals surface area contributed by atoms with Gasteiger partial charge in [-0.15, -0.1) is 0 Å². The van der Waals surface area contributed by atoms with E-state index in [0.717, 1.165) is 34.6 Å². The standard InChI is InChI=1S/C21H21BrClN3O2/c1-14-20(23)15(2)26(25-14)18-8-6-17(7-9-18)24-21(27)16-4-10-19(11-5-16)28-13-3-12-22/h4-11H,3,12-13H2,1-2H3,(H,24,27). The van der Waals surface area contributed by atoms with Crippen molar-refractivity contribution in [2.45, 2.75) is 20.3 Å². The molecule has 3 rings (SSSR count). The lowest BCUT2D eigenvalue weighted by Crippen LogP contribution is -2.12. The molecule has 0 unspecified atom stereocenters. The largest absolute Gasteiger partial charge is 0.494 e. The number of benzene rings is 2. The maximum Gasteiger partial charge on any atom is 0.255 e. The van der Waals surface area contributed by atoms with Crippen molar-refractivity contribution in [2.75, 3.05) is 17.3 Å². The van der Waals surface area contributed by atoms with Crippen LogP contribution < -0.4 is 10.1 Å². The number of nitrogens with zero attached hydrogens (tertiary/aromatic N) is 2. The van der Waals surface area contributed by atoms with Crippen molar-refractivity contribution in [1.82, 2.24) is 9.78 Å². The normalized spacial score (nSPS) is 10.7. The molecule has 0 spiro atoms. The Hall–Kier alpha value is -2.31. The number of ether oxygens (including phenoxy) is 1. The molecule has 0 fully saturated rings. The summed E-state index contributed by atoms with van der Waals surface area (Å²) in [5.74, 6) is 0.583. The van der Waals surface area contributed by atoms with Gasteiger partial charge >= 0.3 is 0 Å². The van der Waals surface area contributed by atoms with Gasteiger partial charge in [0.15, 0.2) is 0 Å². The lowest BCUT2D eigenvalue weighted by molar-refractivity contribution is 0.102. The van der Waals surface area contributed by atoms with Crippen LogP contribution in [0.4, 0.5) is 5.69 Å². The van der Waals surface area contributed by atoms with E-state index in [4.69, 9.17) is 16.3 Å². The highest BCUT2D eigenvalue weighted by Gasteiger charge is 2.11. The first-order valence-electron chi connectivity index (χ1n) is 8.92. The summed E-state index contributed by atoms with van der Waals surface area (Å²) < 4.78 is 7.38. The van der Waals surface area contributed by atoms with Crippen LogP contribution in [0.15, 0.2) is 48.5 Å². The molecule has 146 valence electrons. The minimum Gasteiger partial charge on any atom is -0.494 e. The van der Waals surface area contributed by atoms with Crippen LogP contribution in [0.1, 0.15) is 28.2 Å². The van der Waals surface area contributed by atoms with Crippen LogP contribution in [0, 0.1) is 13.8 Å². The van der Waals surface area contributed by atoms with E-state index in [9.17, 15) is 4.79 Å². The maximum atomic E-state index is 12.4. The fourth-order valence-electron chi connectivity index (χ4n) is 2.71. The quantitative estimate of drug-likeness (QED) is 0.369. The van der Waals surface area contributed by atoms with E-state index in [0.29, 0.717) is 22.9 Å². The number of hydrogen-bond acceptors (Lipinski definition) is 3. The molecule has 0 saturated carbocycles. The van der Waals surface area contributed by atoms with E-state index in [2.05, 4.69) is 26.3 Å². The number of alkyl halides is 1. The summed E-state index contributed by atoms with van der Waals surface area (Å²) in [6, 6.07) is 14.6. The first-order chi connectivity index (χ1) is 13.5. The van der Waals surface area contributed by atoms with Crippen molar-refractivity contribution >= 4 is 39.1 Å². The van der Waals surface area contributed by atoms with Gasteiger partial charge in [0.1, 0.15) is 5.75 Å². The van der Waals surface area contributed by atoms with Gasteiger partial charge in [0.05, 0.1) is 28.7 Å². The lowest BCUT2D eigenvalue weighted by atomic mass is 10.2. The highest BCUT2D eigenvalue weighted by Crippen LogP contribution is 2.23. The second-order valence-electron chi connectivity index (χ2n) is 6.31. The molecule has 5 nitrogen and oxygen atoms in total. The maximum absolute atomic E-state index is 12.4. The summed E-state index contributed by atoms with van der Waals surface area (Å²) >= 11 is 9.58. The van der Waals surface area contributed by atoms with Crippen LogP contribution in [0.2, 0.25) is 5.02 Å². The Morgan fingerprint density at radius 3 is 2.39 bits per heavy atom. The molecule has 7 heteroatoms. The minimum absolute atomic E-state index is 0.172. The van der Waals surface area contributed by atoms with E-state index in [1.165, 1.54) is 0 Å². The number of carbonyl (C=O) groups excluding carboxylic acids is 1. The summed E-state index contributed by atoms with van der Waals surface area (Å²) in [4.78, 5) is 12.4. The Labute approximate surface area is 177 Å². The molecule has 0 aliphatic heterocycles. The fourth-order valence-corrected chi connectivity index (χ4v) is 3.06. The van der Waals surface area contributed by atoms with Gasteiger partial charge < -0.3 is 10.1 Å². The monoisotopic (exact) mass is 461 g/mol. The number of carbonyl (C=O) groups is 1. The van der Waals surface area contributed by atoms with Crippen molar-refractivity contribution in [1.29, 1.82) is 0 Å². The van der Waals surface area contributed by atoms with Gasteiger partial charge in [-0.05, 0) is 68.8 Å². The zero-order valence-corrected chi connectivity index (χ0v) is 18.0. The highest BCUT2D eigenvalue weighted by molar-refractivity contribution is 9.09. The first-order valence-corrected chi connectivity index (χ1v) is 10.4. The van der Waals surface area contributed by atoms with Gasteiger partial charge in [-0.2, -0.15) is 5.10 Å². The SMILES string of the molecule is Cc1nn(-c2ccc(NC(=O)c3ccc(OCCCBr)cc3)cc2)c(C)c1Cl. The van der Waals surface area contributed by atoms with Crippen molar-refractivity contribution in [3.63, 3.8) is 0 Å². The molecule has 1 amide bonds. The van der Waals surface area contributed by atoms with E-state index < -0.39 is 0 Å². The Kier molecular flexibility index (Phi) is 6.75. The molecule has 0 atom stereocenters. The van der Waals surface area contributed by atoms with Crippen LogP contribution >= 0.6 is 27.5 Å². The fraction of sp³-hybridized carbons (Fsp3) is 0.238. The first kappa shape index (κ1) is 20.4. The third-order valence-corrected chi connectivity index (χ3v) is 5.34. The van der Waals surface area contributed by atoms with Crippen molar-refractivity contribution in [3.05, 3.63) is 70.5 Å². The Morgan fingerprint density at radius 2 is 1.82 bits per heavy atom. The van der Waals surface area contributed by atoms with Crippen LogP contribution in [0.3, 0.4) is 0 Å². The van der Waals surface area contributed by atoms with E-state index in [1.54, 1.807) is 28.9 Å². The molecule has 1 N–H and O–H groups in total. The van der Waals surface area contributed by atoms with Crippen molar-refractivity contribution in [3.8, 4) is 11.4 Å². The predicted molar refractivity (Wildman–Crippen MR) is 116 cm³/mol. The van der Waals surface area contributed by atoms with Crippen molar-refractivity contribution < 1.29 is 9.53 Å². The molecule has 0 bridgehead atoms. The third kappa shape index (κ3) is 4.75. The summed E-state index contributed by atoms with van der Waals surface area (Å²) in [7, 11) is 0. The van der Waals surface area contributed by atoms with Gasteiger partial charge in [-0.1, -0.05) is 27.5 Å². The lowest BCUT2D eigenvalue weighted by Gasteiger charge is -2.09. The molecule has 28 heavy (non-hydrogen) atoms. The summed E-state index contributed by atoms with van der Waals surface area (Å²) in [5, 5.41) is 8.90. The zero-order chi connectivity index (χ0) is 20.1. The van der Waals surface area contributed by atoms with Gasteiger partial charge in [0.2, 0.25) is 0 Å². The van der Waals surface area contributed by atoms with E-state index in [-0.39, 0.29) is 5.91 Å². The third-order valence-electron chi connectivity index (χ3n) is 4.24. The minimum atomic E-state index is -0.172. The number of rotatable bonds is 7. The molecule has 1 aromatic heterocycles. The predicted octanol–water partition coefficient (Wildman–Crippen LogP) is 5.56. The second-order valence-corrected chi connectivity index (χ2v) is 7.48. The Bertz CT molecular complexity index is 953. The van der Waals surface area contributed by atoms with E-state index in [1.807, 2.05) is 38.1 Å². The van der Waals surface area contributed by atoms with Gasteiger partial charge in [-0.3, -0.25) is 4.79 Å². The van der Waals surface area contributed by atoms with Gasteiger partial charge in [0.25, 0.3) is 5.91 Å². The number of aryl methyl sites for hydroxylation is 1. The topological polar surface area (TPSA) is 56.2 Å². The van der Waals surface area contributed by atoms with E-state index >= 15 is 0 Å². The van der Waals surface area contributed by atoms with Gasteiger partial charge in [-0.25, -0.2) is 4.68 Å². The average molecular weight is 463 g/mol. The smallest absolute Gasteiger partial charge is 0.255 e. The number of aromatic nitrogens is 2. The molecule has 1 heterocycles. The van der Waals surface area contributed by atoms with Crippen LogP contribution in [0.5, 0.6) is 5.75 Å². The molecule has 0 aliphatic rings. The molecule has 0 radical (unpaired) electrons. The molecule has 3 aromatic rings. The highest BCUT2D eigenvalue weighted by atomic mass is 79.9. The number of hydrogen-bond donors (Lipinski definition) is 1.